The number of nitrogens with two attached hydrogens (primary N) is 1. The highest BCUT2D eigenvalue weighted by atomic mass is 19.1. The maximum absolute atomic E-state index is 12.9. The molecule has 1 fully saturated rings. The van der Waals surface area contributed by atoms with Crippen molar-refractivity contribution in [1.29, 1.82) is 0 Å². The summed E-state index contributed by atoms with van der Waals surface area (Å²) in [5, 5.41) is 0. The van der Waals surface area contributed by atoms with Crippen molar-refractivity contribution in [2.75, 3.05) is 0 Å². The van der Waals surface area contributed by atoms with Crippen molar-refractivity contribution in [3.63, 3.8) is 0 Å². The Kier molecular flexibility index (Phi) is 3.53. The van der Waals surface area contributed by atoms with E-state index in [2.05, 4.69) is 13.8 Å². The van der Waals surface area contributed by atoms with Crippen LogP contribution in [0.5, 0.6) is 0 Å². The van der Waals surface area contributed by atoms with Gasteiger partial charge in [0.15, 0.2) is 0 Å². The summed E-state index contributed by atoms with van der Waals surface area (Å²) in [7, 11) is 0. The fraction of sp³-hybridized carbons (Fsp3) is 0.600. The van der Waals surface area contributed by atoms with Gasteiger partial charge in [-0.3, -0.25) is 0 Å². The lowest BCUT2D eigenvalue weighted by Crippen LogP contribution is -2.40. The van der Waals surface area contributed by atoms with Crippen LogP contribution in [0.2, 0.25) is 0 Å². The van der Waals surface area contributed by atoms with Crippen LogP contribution < -0.4 is 5.73 Å². The Labute approximate surface area is 103 Å². The van der Waals surface area contributed by atoms with E-state index in [-0.39, 0.29) is 17.3 Å². The Bertz CT molecular complexity index is 365. The van der Waals surface area contributed by atoms with Crippen LogP contribution in [0.4, 0.5) is 4.39 Å². The number of hydrogen-bond donors (Lipinski definition) is 1. The van der Waals surface area contributed by atoms with Gasteiger partial charge in [0, 0.05) is 11.5 Å². The zero-order valence-electron chi connectivity index (χ0n) is 10.7. The van der Waals surface area contributed by atoms with Crippen LogP contribution in [0.1, 0.15) is 45.1 Å². The molecule has 1 aliphatic rings. The smallest absolute Gasteiger partial charge is 0.123 e. The van der Waals surface area contributed by atoms with Gasteiger partial charge in [0.2, 0.25) is 0 Å². The molecule has 1 saturated carbocycles. The molecule has 1 aromatic carbocycles. The molecule has 0 aromatic heterocycles. The van der Waals surface area contributed by atoms with Crippen LogP contribution in [0.15, 0.2) is 24.3 Å². The average Bonchev–Trinajstić information content (AvgIpc) is 3.10. The summed E-state index contributed by atoms with van der Waals surface area (Å²) in [5.74, 6) is 0.737. The molecule has 1 nitrogen and oxygen atoms in total. The minimum Gasteiger partial charge on any atom is -0.327 e. The van der Waals surface area contributed by atoms with Gasteiger partial charge in [-0.25, -0.2) is 4.39 Å². The molecule has 1 atom stereocenters. The van der Waals surface area contributed by atoms with E-state index in [1.807, 2.05) is 12.1 Å². The normalized spacial score (nSPS) is 18.1. The molecule has 0 saturated heterocycles. The second-order valence-corrected chi connectivity index (χ2v) is 5.86. The van der Waals surface area contributed by atoms with Gasteiger partial charge in [0.1, 0.15) is 5.82 Å². The Balaban J connectivity index is 2.01. The highest BCUT2D eigenvalue weighted by Crippen LogP contribution is 2.36. The molecule has 0 heterocycles. The molecule has 0 spiro atoms. The predicted molar refractivity (Wildman–Crippen MR) is 69.4 cm³/mol. The third kappa shape index (κ3) is 3.06. The van der Waals surface area contributed by atoms with Crippen molar-refractivity contribution in [2.45, 2.75) is 51.0 Å². The number of halogens is 1. The van der Waals surface area contributed by atoms with Crippen molar-refractivity contribution >= 4 is 0 Å². The van der Waals surface area contributed by atoms with Crippen LogP contribution in [0.3, 0.4) is 0 Å². The van der Waals surface area contributed by atoms with E-state index in [0.29, 0.717) is 0 Å². The fourth-order valence-corrected chi connectivity index (χ4v) is 2.28. The second kappa shape index (κ2) is 4.77. The van der Waals surface area contributed by atoms with Crippen molar-refractivity contribution in [1.82, 2.24) is 0 Å². The van der Waals surface area contributed by atoms with Crippen LogP contribution in [-0.2, 0) is 5.41 Å². The van der Waals surface area contributed by atoms with Gasteiger partial charge in [-0.1, -0.05) is 38.8 Å². The summed E-state index contributed by atoms with van der Waals surface area (Å²) < 4.78 is 12.9. The van der Waals surface area contributed by atoms with Gasteiger partial charge in [-0.2, -0.15) is 0 Å². The molecule has 1 unspecified atom stereocenters. The number of rotatable bonds is 5. The molecule has 0 bridgehead atoms. The minimum atomic E-state index is -0.184. The molecule has 2 N–H and O–H groups in total. The maximum Gasteiger partial charge on any atom is 0.123 e. The summed E-state index contributed by atoms with van der Waals surface area (Å²) >= 11 is 0. The number of benzene rings is 1. The van der Waals surface area contributed by atoms with Crippen molar-refractivity contribution < 1.29 is 4.39 Å². The molecule has 0 radical (unpaired) electrons. The van der Waals surface area contributed by atoms with E-state index < -0.39 is 0 Å². The Hall–Kier alpha value is -0.890. The topological polar surface area (TPSA) is 26.0 Å². The largest absolute Gasteiger partial charge is 0.327 e. The highest BCUT2D eigenvalue weighted by Gasteiger charge is 2.30. The fourth-order valence-electron chi connectivity index (χ4n) is 2.28. The molecular weight excluding hydrogens is 213 g/mol. The highest BCUT2D eigenvalue weighted by molar-refractivity contribution is 5.26. The number of hydrogen-bond acceptors (Lipinski definition) is 1. The predicted octanol–water partition coefficient (Wildman–Crippen LogP) is 3.62. The lowest BCUT2D eigenvalue weighted by Gasteiger charge is -2.32. The van der Waals surface area contributed by atoms with E-state index in [9.17, 15) is 4.39 Å². The summed E-state index contributed by atoms with van der Waals surface area (Å²) in [6, 6.07) is 6.89. The van der Waals surface area contributed by atoms with E-state index in [1.165, 1.54) is 31.4 Å². The summed E-state index contributed by atoms with van der Waals surface area (Å²) in [6.45, 7) is 4.30. The molecule has 1 aromatic rings. The lowest BCUT2D eigenvalue weighted by molar-refractivity contribution is 0.374. The molecule has 2 heteroatoms. The van der Waals surface area contributed by atoms with Crippen molar-refractivity contribution in [3.05, 3.63) is 35.6 Å². The quantitative estimate of drug-likeness (QED) is 0.828. The Morgan fingerprint density at radius 2 is 1.88 bits per heavy atom. The Morgan fingerprint density at radius 1 is 1.29 bits per heavy atom. The minimum absolute atomic E-state index is 0.0808. The van der Waals surface area contributed by atoms with Gasteiger partial charge in [0.25, 0.3) is 0 Å². The summed E-state index contributed by atoms with van der Waals surface area (Å²) in [5.41, 5.74) is 7.35. The van der Waals surface area contributed by atoms with Gasteiger partial charge < -0.3 is 5.73 Å². The van der Waals surface area contributed by atoms with E-state index in [4.69, 9.17) is 5.73 Å². The zero-order valence-corrected chi connectivity index (χ0v) is 10.7. The van der Waals surface area contributed by atoms with E-state index >= 15 is 0 Å². The lowest BCUT2D eigenvalue weighted by atomic mass is 9.76. The van der Waals surface area contributed by atoms with Crippen LogP contribution >= 0.6 is 0 Å². The molecule has 2 rings (SSSR count). The van der Waals surface area contributed by atoms with Crippen molar-refractivity contribution in [3.8, 4) is 0 Å². The maximum atomic E-state index is 12.9. The Morgan fingerprint density at radius 3 is 2.41 bits per heavy atom. The van der Waals surface area contributed by atoms with Gasteiger partial charge >= 0.3 is 0 Å². The molecule has 1 aliphatic carbocycles. The SMILES string of the molecule is CC(C)(c1ccc(F)cc1)C(N)CCC1CC1. The third-order valence-corrected chi connectivity index (χ3v) is 4.10. The molecule has 17 heavy (non-hydrogen) atoms. The van der Waals surface area contributed by atoms with Gasteiger partial charge in [-0.15, -0.1) is 0 Å². The van der Waals surface area contributed by atoms with Crippen LogP contribution in [0, 0.1) is 11.7 Å². The first-order chi connectivity index (χ1) is 8.00. The van der Waals surface area contributed by atoms with E-state index in [0.717, 1.165) is 17.9 Å². The molecule has 0 amide bonds. The molecular formula is C15H22FN. The van der Waals surface area contributed by atoms with E-state index in [1.54, 1.807) is 0 Å². The molecule has 94 valence electrons. The van der Waals surface area contributed by atoms with Crippen molar-refractivity contribution in [2.24, 2.45) is 11.7 Å². The first-order valence-electron chi connectivity index (χ1n) is 6.52. The summed E-state index contributed by atoms with van der Waals surface area (Å²) in [6.07, 6.45) is 5.06. The first kappa shape index (κ1) is 12.6. The first-order valence-corrected chi connectivity index (χ1v) is 6.52. The van der Waals surface area contributed by atoms with Gasteiger partial charge in [0.05, 0.1) is 0 Å². The monoisotopic (exact) mass is 235 g/mol. The molecule has 0 aliphatic heterocycles. The van der Waals surface area contributed by atoms with Crippen LogP contribution in [-0.4, -0.2) is 6.04 Å². The van der Waals surface area contributed by atoms with Gasteiger partial charge in [-0.05, 0) is 36.5 Å². The average molecular weight is 235 g/mol. The standard InChI is InChI=1S/C15H22FN/c1-15(2,12-6-8-13(16)9-7-12)14(17)10-5-11-3-4-11/h6-9,11,14H,3-5,10,17H2,1-2H3. The second-order valence-electron chi connectivity index (χ2n) is 5.86. The van der Waals surface area contributed by atoms with Crippen LogP contribution in [0.25, 0.3) is 0 Å². The zero-order chi connectivity index (χ0) is 12.5. The summed E-state index contributed by atoms with van der Waals surface area (Å²) in [4.78, 5) is 0. The third-order valence-electron chi connectivity index (χ3n) is 4.10.